The number of aromatic nitrogens is 1. The second-order valence-electron chi connectivity index (χ2n) is 5.17. The summed E-state index contributed by atoms with van der Waals surface area (Å²) in [4.78, 5) is 3.66. The molecule has 0 aliphatic carbocycles. The molecule has 3 nitrogen and oxygen atoms in total. The van der Waals surface area contributed by atoms with E-state index in [0.29, 0.717) is 12.4 Å². The first-order valence-electron chi connectivity index (χ1n) is 7.28. The van der Waals surface area contributed by atoms with Gasteiger partial charge in [-0.25, -0.2) is 4.98 Å². The van der Waals surface area contributed by atoms with Crippen molar-refractivity contribution >= 4 is 0 Å². The van der Waals surface area contributed by atoms with Gasteiger partial charge in [-0.3, -0.25) is 0 Å². The molecule has 0 aliphatic heterocycles. The fourth-order valence-corrected chi connectivity index (χ4v) is 2.29. The van der Waals surface area contributed by atoms with E-state index in [4.69, 9.17) is 4.74 Å². The molecule has 1 N–H and O–H groups in total. The van der Waals surface area contributed by atoms with Crippen LogP contribution in [0.2, 0.25) is 0 Å². The van der Waals surface area contributed by atoms with E-state index in [9.17, 15) is 9.50 Å². The number of nitrogens with zero attached hydrogens (tertiary/aromatic N) is 1. The largest absolute Gasteiger partial charge is 0.489 e. The van der Waals surface area contributed by atoms with E-state index < -0.39 is 5.95 Å². The van der Waals surface area contributed by atoms with Crippen LogP contribution in [0.5, 0.6) is 5.75 Å². The van der Waals surface area contributed by atoms with Gasteiger partial charge in [0.05, 0.1) is 6.61 Å². The van der Waals surface area contributed by atoms with Crippen LogP contribution in [-0.4, -0.2) is 10.1 Å². The number of halogens is 1. The summed E-state index contributed by atoms with van der Waals surface area (Å²) in [5, 5.41) is 9.43. The highest BCUT2D eigenvalue weighted by molar-refractivity contribution is 5.65. The fraction of sp³-hybridized carbons (Fsp3) is 0.105. The van der Waals surface area contributed by atoms with Gasteiger partial charge < -0.3 is 9.84 Å². The zero-order chi connectivity index (χ0) is 16.1. The predicted molar refractivity (Wildman–Crippen MR) is 86.3 cm³/mol. The van der Waals surface area contributed by atoms with Crippen LogP contribution in [0.1, 0.15) is 11.1 Å². The molecule has 1 heterocycles. The Balaban J connectivity index is 1.85. The molecule has 0 amide bonds. The van der Waals surface area contributed by atoms with Crippen LogP contribution in [0, 0.1) is 5.95 Å². The zero-order valence-electron chi connectivity index (χ0n) is 12.4. The van der Waals surface area contributed by atoms with Crippen LogP contribution in [0.15, 0.2) is 66.9 Å². The minimum atomic E-state index is -0.521. The fourth-order valence-electron chi connectivity index (χ4n) is 2.29. The standard InChI is InChI=1S/C19H16FNO2/c20-19-7-6-16(11-21-19)17-8-15(12-22)9-18(10-17)23-13-14-4-2-1-3-5-14/h1-11,22H,12-13H2. The molecule has 3 rings (SSSR count). The van der Waals surface area contributed by atoms with Gasteiger partial charge in [0.1, 0.15) is 12.4 Å². The van der Waals surface area contributed by atoms with Gasteiger partial charge in [0.25, 0.3) is 0 Å². The molecular weight excluding hydrogens is 293 g/mol. The third-order valence-corrected chi connectivity index (χ3v) is 3.46. The van der Waals surface area contributed by atoms with Crippen molar-refractivity contribution in [3.05, 3.63) is 83.9 Å². The van der Waals surface area contributed by atoms with E-state index in [1.807, 2.05) is 42.5 Å². The summed E-state index contributed by atoms with van der Waals surface area (Å²) >= 11 is 0. The third kappa shape index (κ3) is 3.93. The molecule has 0 atom stereocenters. The van der Waals surface area contributed by atoms with E-state index in [1.54, 1.807) is 12.1 Å². The van der Waals surface area contributed by atoms with Gasteiger partial charge in [-0.1, -0.05) is 30.3 Å². The Labute approximate surface area is 134 Å². The van der Waals surface area contributed by atoms with Gasteiger partial charge in [-0.05, 0) is 47.0 Å². The Hall–Kier alpha value is -2.72. The molecule has 23 heavy (non-hydrogen) atoms. The maximum atomic E-state index is 13.0. The molecule has 4 heteroatoms. The summed E-state index contributed by atoms with van der Waals surface area (Å²) in [6.45, 7) is 0.348. The van der Waals surface area contributed by atoms with Crippen molar-refractivity contribution < 1.29 is 14.2 Å². The van der Waals surface area contributed by atoms with Crippen molar-refractivity contribution in [3.63, 3.8) is 0 Å². The third-order valence-electron chi connectivity index (χ3n) is 3.46. The number of hydrogen-bond acceptors (Lipinski definition) is 3. The topological polar surface area (TPSA) is 42.4 Å². The number of aliphatic hydroxyl groups excluding tert-OH is 1. The first kappa shape index (κ1) is 15.2. The highest BCUT2D eigenvalue weighted by atomic mass is 19.1. The van der Waals surface area contributed by atoms with E-state index in [1.165, 1.54) is 12.3 Å². The van der Waals surface area contributed by atoms with Crippen molar-refractivity contribution in [2.45, 2.75) is 13.2 Å². The summed E-state index contributed by atoms with van der Waals surface area (Å²) in [5.74, 6) is 0.132. The lowest BCUT2D eigenvalue weighted by molar-refractivity contribution is 0.278. The molecule has 0 bridgehead atoms. The number of pyridine rings is 1. The normalized spacial score (nSPS) is 10.5. The molecule has 0 saturated heterocycles. The molecular formula is C19H16FNO2. The smallest absolute Gasteiger partial charge is 0.212 e. The lowest BCUT2D eigenvalue weighted by Crippen LogP contribution is -1.97. The number of benzene rings is 2. The summed E-state index contributed by atoms with van der Waals surface area (Å²) in [7, 11) is 0. The molecule has 0 spiro atoms. The van der Waals surface area contributed by atoms with Crippen LogP contribution in [0.25, 0.3) is 11.1 Å². The van der Waals surface area contributed by atoms with E-state index in [-0.39, 0.29) is 6.61 Å². The molecule has 0 fully saturated rings. The molecule has 116 valence electrons. The number of ether oxygens (including phenoxy) is 1. The van der Waals surface area contributed by atoms with E-state index in [0.717, 1.165) is 22.3 Å². The maximum Gasteiger partial charge on any atom is 0.212 e. The summed E-state index contributed by atoms with van der Waals surface area (Å²) < 4.78 is 18.8. The molecule has 0 saturated carbocycles. The second kappa shape index (κ2) is 7.03. The van der Waals surface area contributed by atoms with Crippen LogP contribution in [0.3, 0.4) is 0 Å². The van der Waals surface area contributed by atoms with E-state index in [2.05, 4.69) is 4.98 Å². The van der Waals surface area contributed by atoms with Gasteiger partial charge in [0, 0.05) is 11.8 Å². The highest BCUT2D eigenvalue weighted by Crippen LogP contribution is 2.26. The van der Waals surface area contributed by atoms with Crippen molar-refractivity contribution in [2.24, 2.45) is 0 Å². The lowest BCUT2D eigenvalue weighted by atomic mass is 10.0. The number of aliphatic hydroxyl groups is 1. The first-order chi connectivity index (χ1) is 11.2. The van der Waals surface area contributed by atoms with Crippen LogP contribution >= 0.6 is 0 Å². The molecule has 1 aromatic heterocycles. The number of hydrogen-bond donors (Lipinski definition) is 1. The average Bonchev–Trinajstić information content (AvgIpc) is 2.61. The highest BCUT2D eigenvalue weighted by Gasteiger charge is 2.05. The Morgan fingerprint density at radius 1 is 0.913 bits per heavy atom. The monoisotopic (exact) mass is 309 g/mol. The van der Waals surface area contributed by atoms with Crippen molar-refractivity contribution in [1.82, 2.24) is 4.98 Å². The minimum Gasteiger partial charge on any atom is -0.489 e. The summed E-state index contributed by atoms with van der Waals surface area (Å²) in [5.41, 5.74) is 3.39. The Morgan fingerprint density at radius 3 is 2.43 bits per heavy atom. The van der Waals surface area contributed by atoms with Crippen molar-refractivity contribution in [3.8, 4) is 16.9 Å². The Kier molecular flexibility index (Phi) is 4.64. The maximum absolute atomic E-state index is 13.0. The minimum absolute atomic E-state index is 0.0931. The second-order valence-corrected chi connectivity index (χ2v) is 5.17. The first-order valence-corrected chi connectivity index (χ1v) is 7.28. The summed E-state index contributed by atoms with van der Waals surface area (Å²) in [6, 6.07) is 18.3. The lowest BCUT2D eigenvalue weighted by Gasteiger charge is -2.11. The Morgan fingerprint density at radius 2 is 1.74 bits per heavy atom. The molecule has 2 aromatic carbocycles. The summed E-state index contributed by atoms with van der Waals surface area (Å²) in [6.07, 6.45) is 1.47. The van der Waals surface area contributed by atoms with Gasteiger partial charge in [0.15, 0.2) is 0 Å². The molecule has 3 aromatic rings. The van der Waals surface area contributed by atoms with Crippen molar-refractivity contribution in [1.29, 1.82) is 0 Å². The zero-order valence-corrected chi connectivity index (χ0v) is 12.4. The van der Waals surface area contributed by atoms with Gasteiger partial charge in [-0.15, -0.1) is 0 Å². The van der Waals surface area contributed by atoms with Gasteiger partial charge >= 0.3 is 0 Å². The average molecular weight is 309 g/mol. The van der Waals surface area contributed by atoms with Crippen LogP contribution in [0.4, 0.5) is 4.39 Å². The van der Waals surface area contributed by atoms with E-state index >= 15 is 0 Å². The Bertz CT molecular complexity index is 773. The number of rotatable bonds is 5. The molecule has 0 radical (unpaired) electrons. The van der Waals surface area contributed by atoms with Crippen LogP contribution in [-0.2, 0) is 13.2 Å². The van der Waals surface area contributed by atoms with Gasteiger partial charge in [0.2, 0.25) is 5.95 Å². The van der Waals surface area contributed by atoms with Crippen molar-refractivity contribution in [2.75, 3.05) is 0 Å². The van der Waals surface area contributed by atoms with Gasteiger partial charge in [-0.2, -0.15) is 4.39 Å². The predicted octanol–water partition coefficient (Wildman–Crippen LogP) is 3.96. The molecule has 0 unspecified atom stereocenters. The van der Waals surface area contributed by atoms with Crippen LogP contribution < -0.4 is 4.74 Å². The molecule has 0 aliphatic rings. The SMILES string of the molecule is OCc1cc(OCc2ccccc2)cc(-c2ccc(F)nc2)c1. The quantitative estimate of drug-likeness (QED) is 0.725.